The molecule has 3 nitrogen and oxygen atoms in total. The molecule has 3 heteroatoms. The van der Waals surface area contributed by atoms with Gasteiger partial charge in [0.25, 0.3) is 0 Å². The highest BCUT2D eigenvalue weighted by molar-refractivity contribution is 5.84. The van der Waals surface area contributed by atoms with Crippen LogP contribution >= 0.6 is 0 Å². The van der Waals surface area contributed by atoms with Crippen LogP contribution in [0.5, 0.6) is 5.75 Å². The molecular formula is C28H39NO2. The quantitative estimate of drug-likeness (QED) is 0.326. The summed E-state index contributed by atoms with van der Waals surface area (Å²) in [5.41, 5.74) is 1.94. The van der Waals surface area contributed by atoms with Crippen LogP contribution in [0.1, 0.15) is 83.1 Å². The average molecular weight is 422 g/mol. The summed E-state index contributed by atoms with van der Waals surface area (Å²) in [7, 11) is 0. The Balaban J connectivity index is 1.27. The molecule has 2 aromatic rings. The van der Waals surface area contributed by atoms with Crippen LogP contribution in [0.25, 0.3) is 10.8 Å². The monoisotopic (exact) mass is 421 g/mol. The fourth-order valence-corrected chi connectivity index (χ4v) is 5.46. The third-order valence-electron chi connectivity index (χ3n) is 7.39. The Labute approximate surface area is 187 Å². The van der Waals surface area contributed by atoms with Gasteiger partial charge in [-0.3, -0.25) is 0 Å². The van der Waals surface area contributed by atoms with E-state index in [1.807, 2.05) is 6.08 Å². The van der Waals surface area contributed by atoms with Gasteiger partial charge >= 0.3 is 0 Å². The molecule has 0 aromatic heterocycles. The number of unbranched alkanes of at least 4 members (excludes halogenated alkanes) is 1. The first-order chi connectivity index (χ1) is 15.2. The second-order valence-electron chi connectivity index (χ2n) is 9.78. The van der Waals surface area contributed by atoms with Gasteiger partial charge in [0, 0.05) is 19.5 Å². The van der Waals surface area contributed by atoms with Crippen LogP contribution in [0, 0.1) is 5.41 Å². The maximum absolute atomic E-state index is 9.83. The van der Waals surface area contributed by atoms with Crippen LogP contribution in [0.3, 0.4) is 0 Å². The van der Waals surface area contributed by atoms with Gasteiger partial charge in [-0.15, -0.1) is 0 Å². The average Bonchev–Trinajstić information content (AvgIpc) is 3.25. The minimum atomic E-state index is 0.384. The Kier molecular flexibility index (Phi) is 7.55. The normalized spacial score (nSPS) is 19.3. The summed E-state index contributed by atoms with van der Waals surface area (Å²) in [6.45, 7) is 3.73. The molecule has 2 fully saturated rings. The van der Waals surface area contributed by atoms with Crippen LogP contribution in [0.4, 0.5) is 0 Å². The summed E-state index contributed by atoms with van der Waals surface area (Å²) >= 11 is 0. The van der Waals surface area contributed by atoms with E-state index in [2.05, 4.69) is 48.6 Å². The molecule has 2 aliphatic carbocycles. The van der Waals surface area contributed by atoms with E-state index in [0.29, 0.717) is 23.7 Å². The minimum Gasteiger partial charge on any atom is -0.513 e. The van der Waals surface area contributed by atoms with Crippen molar-refractivity contribution in [1.29, 1.82) is 0 Å². The first kappa shape index (κ1) is 22.2. The van der Waals surface area contributed by atoms with Crippen LogP contribution < -0.4 is 10.1 Å². The van der Waals surface area contributed by atoms with Gasteiger partial charge in [0.15, 0.2) is 0 Å². The molecular weight excluding hydrogens is 382 g/mol. The zero-order valence-electron chi connectivity index (χ0n) is 19.2. The van der Waals surface area contributed by atoms with E-state index in [1.165, 1.54) is 67.7 Å². The lowest BCUT2D eigenvalue weighted by Gasteiger charge is -2.37. The number of fused-ring (bicyclic) bond motifs is 1. The summed E-state index contributed by atoms with van der Waals surface area (Å²) in [5, 5.41) is 15.8. The van der Waals surface area contributed by atoms with Crippen molar-refractivity contribution < 1.29 is 9.84 Å². The highest BCUT2D eigenvalue weighted by Gasteiger charge is 2.38. The second kappa shape index (κ2) is 10.5. The number of allylic oxidation sites excluding steroid dienone is 1. The number of hydrogen-bond acceptors (Lipinski definition) is 3. The highest BCUT2D eigenvalue weighted by Crippen LogP contribution is 2.49. The molecule has 0 bridgehead atoms. The highest BCUT2D eigenvalue weighted by atomic mass is 16.5. The van der Waals surface area contributed by atoms with Gasteiger partial charge in [0.1, 0.15) is 5.75 Å². The molecule has 2 N–H and O–H groups in total. The number of nitrogens with one attached hydrogen (secondary N) is 1. The molecule has 168 valence electrons. The molecule has 31 heavy (non-hydrogen) atoms. The summed E-state index contributed by atoms with van der Waals surface area (Å²) in [4.78, 5) is 0. The summed E-state index contributed by atoms with van der Waals surface area (Å²) in [6.07, 6.45) is 15.9. The van der Waals surface area contributed by atoms with Crippen molar-refractivity contribution in [3.63, 3.8) is 0 Å². The lowest BCUT2D eigenvalue weighted by Crippen LogP contribution is -2.30. The van der Waals surface area contributed by atoms with Gasteiger partial charge < -0.3 is 15.2 Å². The third kappa shape index (κ3) is 6.04. The van der Waals surface area contributed by atoms with Gasteiger partial charge in [0.05, 0.1) is 11.9 Å². The lowest BCUT2D eigenvalue weighted by molar-refractivity contribution is 0.0825. The number of aliphatic hydroxyl groups excluding tert-OH is 1. The molecule has 0 aliphatic heterocycles. The maximum atomic E-state index is 9.83. The summed E-state index contributed by atoms with van der Waals surface area (Å²) < 4.78 is 6.38. The Morgan fingerprint density at radius 2 is 1.81 bits per heavy atom. The van der Waals surface area contributed by atoms with E-state index < -0.39 is 0 Å². The van der Waals surface area contributed by atoms with Crippen molar-refractivity contribution in [3.8, 4) is 5.75 Å². The van der Waals surface area contributed by atoms with Gasteiger partial charge in [-0.1, -0.05) is 44.4 Å². The van der Waals surface area contributed by atoms with Crippen molar-refractivity contribution in [1.82, 2.24) is 5.32 Å². The fourth-order valence-electron chi connectivity index (χ4n) is 5.46. The zero-order valence-corrected chi connectivity index (χ0v) is 19.2. The number of aliphatic hydroxyl groups is 1. The topological polar surface area (TPSA) is 41.5 Å². The Morgan fingerprint density at radius 1 is 1.06 bits per heavy atom. The van der Waals surface area contributed by atoms with Crippen molar-refractivity contribution in [2.75, 3.05) is 6.54 Å². The third-order valence-corrected chi connectivity index (χ3v) is 7.39. The predicted octanol–water partition coefficient (Wildman–Crippen LogP) is 7.44. The Bertz CT molecular complexity index is 872. The van der Waals surface area contributed by atoms with Gasteiger partial charge in [-0.2, -0.15) is 0 Å². The van der Waals surface area contributed by atoms with Crippen LogP contribution in [-0.2, 0) is 6.54 Å². The Morgan fingerprint density at radius 3 is 2.58 bits per heavy atom. The van der Waals surface area contributed by atoms with Crippen LogP contribution in [0.2, 0.25) is 0 Å². The van der Waals surface area contributed by atoms with Crippen molar-refractivity contribution in [3.05, 3.63) is 53.8 Å². The zero-order chi connectivity index (χ0) is 21.5. The predicted molar refractivity (Wildman–Crippen MR) is 130 cm³/mol. The second-order valence-corrected chi connectivity index (χ2v) is 9.78. The smallest absolute Gasteiger partial charge is 0.120 e. The van der Waals surface area contributed by atoms with E-state index in [4.69, 9.17) is 4.74 Å². The van der Waals surface area contributed by atoms with E-state index >= 15 is 0 Å². The molecule has 2 saturated carbocycles. The van der Waals surface area contributed by atoms with Crippen molar-refractivity contribution >= 4 is 10.8 Å². The van der Waals surface area contributed by atoms with E-state index in [1.54, 1.807) is 0 Å². The van der Waals surface area contributed by atoms with Gasteiger partial charge in [-0.05, 0) is 91.0 Å². The molecule has 0 saturated heterocycles. The molecule has 0 heterocycles. The van der Waals surface area contributed by atoms with Crippen LogP contribution in [0.15, 0.2) is 48.2 Å². The van der Waals surface area contributed by atoms with E-state index in [-0.39, 0.29) is 0 Å². The molecule has 0 radical (unpaired) electrons. The molecule has 2 aromatic carbocycles. The van der Waals surface area contributed by atoms with Gasteiger partial charge in [-0.25, -0.2) is 0 Å². The van der Waals surface area contributed by atoms with Crippen molar-refractivity contribution in [2.24, 2.45) is 5.41 Å². The van der Waals surface area contributed by atoms with Gasteiger partial charge in [0.2, 0.25) is 0 Å². The largest absolute Gasteiger partial charge is 0.513 e. The first-order valence-electron chi connectivity index (χ1n) is 12.4. The molecule has 2 aliphatic rings. The maximum Gasteiger partial charge on any atom is 0.120 e. The summed E-state index contributed by atoms with van der Waals surface area (Å²) in [5.74, 6) is 1.51. The molecule has 1 spiro atoms. The minimum absolute atomic E-state index is 0.384. The standard InChI is InChI=1S/C28H39NO2/c1-2-3-6-25(30)13-18-29-21-22-7-8-24-20-27(10-9-23(24)19-22)31-26-11-16-28(17-12-26)14-4-5-15-28/h6-10,19-20,26,29-30H,2-5,11-18,21H2,1H3. The van der Waals surface area contributed by atoms with Crippen molar-refractivity contribution in [2.45, 2.75) is 90.2 Å². The number of ether oxygens (including phenoxy) is 1. The number of rotatable bonds is 9. The lowest BCUT2D eigenvalue weighted by atomic mass is 9.72. The molecule has 0 unspecified atom stereocenters. The summed E-state index contributed by atoms with van der Waals surface area (Å²) in [6, 6.07) is 13.2. The van der Waals surface area contributed by atoms with E-state index in [9.17, 15) is 5.11 Å². The number of hydrogen-bond donors (Lipinski definition) is 2. The fraction of sp³-hybridized carbons (Fsp3) is 0.571. The number of benzene rings is 2. The first-order valence-corrected chi connectivity index (χ1v) is 12.4. The SMILES string of the molecule is CCCC=C(O)CCNCc1ccc2cc(OC3CCC4(CCCC4)CC3)ccc2c1. The molecule has 0 amide bonds. The molecule has 0 atom stereocenters. The Hall–Kier alpha value is -2.00. The van der Waals surface area contributed by atoms with Crippen LogP contribution in [-0.4, -0.2) is 17.8 Å². The van der Waals surface area contributed by atoms with E-state index in [0.717, 1.165) is 31.7 Å². The molecule has 4 rings (SSSR count).